The number of hydrogen-bond donors (Lipinski definition) is 3. The first kappa shape index (κ1) is 23.5. The van der Waals surface area contributed by atoms with Gasteiger partial charge in [-0.25, -0.2) is 4.99 Å². The maximum Gasteiger partial charge on any atom is 0.261 e. The van der Waals surface area contributed by atoms with Crippen molar-refractivity contribution in [1.82, 2.24) is 10.2 Å². The van der Waals surface area contributed by atoms with Crippen molar-refractivity contribution in [3.8, 4) is 5.75 Å². The molecule has 0 atom stereocenters. The van der Waals surface area contributed by atoms with Crippen molar-refractivity contribution in [2.75, 3.05) is 36.4 Å². The Kier molecular flexibility index (Phi) is 6.45. The van der Waals surface area contributed by atoms with Gasteiger partial charge in [-0.3, -0.25) is 9.59 Å². The second-order valence-electron chi connectivity index (χ2n) is 9.63. The molecule has 0 radical (unpaired) electrons. The first-order chi connectivity index (χ1) is 16.2. The van der Waals surface area contributed by atoms with Crippen LogP contribution in [0.3, 0.4) is 0 Å². The van der Waals surface area contributed by atoms with Crippen molar-refractivity contribution >= 4 is 35.6 Å². The Morgan fingerprint density at radius 3 is 2.59 bits per heavy atom. The van der Waals surface area contributed by atoms with E-state index in [1.165, 1.54) is 0 Å². The monoisotopic (exact) mass is 464 g/mol. The molecular weight excluding hydrogens is 432 g/mol. The van der Waals surface area contributed by atoms with E-state index in [4.69, 9.17) is 10.1 Å². The molecule has 1 aromatic rings. The first-order valence-corrected chi connectivity index (χ1v) is 11.6. The fourth-order valence-corrected chi connectivity index (χ4v) is 4.44. The molecule has 0 spiro atoms. The summed E-state index contributed by atoms with van der Waals surface area (Å²) in [5, 5.41) is 13.7. The summed E-state index contributed by atoms with van der Waals surface area (Å²) in [6, 6.07) is 3.95. The second-order valence-corrected chi connectivity index (χ2v) is 9.63. The second kappa shape index (κ2) is 9.32. The number of amides is 2. The smallest absolute Gasteiger partial charge is 0.261 e. The molecule has 0 aliphatic carbocycles. The minimum atomic E-state index is -0.419. The lowest BCUT2D eigenvalue weighted by molar-refractivity contribution is -0.134. The molecular formula is C25H32N6O3. The van der Waals surface area contributed by atoms with Gasteiger partial charge in [0, 0.05) is 68.8 Å². The molecule has 0 saturated carbocycles. The standard InChI is InChI=1S/C25H32N6O3/c1-16(2)24(33)31-10-8-30(9-11-31)20-13-21-17(14-25(3,4)34-21)12-19(20)29-23(32)18(15-26)22-27-6-5-7-28-22/h5-7,12-13,15-16,26-27H,8-11,14H2,1-4H3,(H,29,32)/b22-18-,26-15?. The molecule has 0 aromatic heterocycles. The van der Waals surface area contributed by atoms with Crippen LogP contribution in [-0.4, -0.2) is 60.9 Å². The maximum atomic E-state index is 13.2. The number of benzene rings is 1. The number of carbonyl (C=O) groups excluding carboxylic acids is 2. The largest absolute Gasteiger partial charge is 0.487 e. The Balaban J connectivity index is 1.62. The fourth-order valence-electron chi connectivity index (χ4n) is 4.44. The summed E-state index contributed by atoms with van der Waals surface area (Å²) < 4.78 is 6.15. The van der Waals surface area contributed by atoms with E-state index in [-0.39, 0.29) is 23.0 Å². The first-order valence-electron chi connectivity index (χ1n) is 11.6. The third kappa shape index (κ3) is 4.83. The summed E-state index contributed by atoms with van der Waals surface area (Å²) in [4.78, 5) is 33.8. The number of anilines is 2. The number of rotatable bonds is 5. The fraction of sp³-hybridized carbons (Fsp3) is 0.440. The number of allylic oxidation sites excluding steroid dienone is 1. The molecule has 34 heavy (non-hydrogen) atoms. The van der Waals surface area contributed by atoms with Gasteiger partial charge in [0.25, 0.3) is 5.91 Å². The average molecular weight is 465 g/mol. The third-order valence-corrected chi connectivity index (χ3v) is 6.11. The molecule has 1 aromatic carbocycles. The SMILES string of the molecule is CC(C)C(=O)N1CCN(c2cc3c(cc2NC(=O)/C(C=N)=C2\N=CC=CN2)CC(C)(C)O3)CC1. The highest BCUT2D eigenvalue weighted by Gasteiger charge is 2.33. The molecule has 3 heterocycles. The van der Waals surface area contributed by atoms with Gasteiger partial charge in [-0.2, -0.15) is 0 Å². The zero-order chi connectivity index (χ0) is 24.5. The van der Waals surface area contributed by atoms with Crippen molar-refractivity contribution < 1.29 is 14.3 Å². The number of nitrogens with one attached hydrogen (secondary N) is 3. The van der Waals surface area contributed by atoms with Crippen LogP contribution >= 0.6 is 0 Å². The molecule has 1 fully saturated rings. The molecule has 1 saturated heterocycles. The highest BCUT2D eigenvalue weighted by Crippen LogP contribution is 2.42. The minimum absolute atomic E-state index is 0.0319. The van der Waals surface area contributed by atoms with Gasteiger partial charge in [0.1, 0.15) is 17.2 Å². The van der Waals surface area contributed by atoms with E-state index in [0.717, 1.165) is 29.6 Å². The van der Waals surface area contributed by atoms with E-state index < -0.39 is 5.91 Å². The molecule has 3 N–H and O–H groups in total. The van der Waals surface area contributed by atoms with Crippen molar-refractivity contribution in [3.05, 3.63) is 41.4 Å². The molecule has 0 unspecified atom stereocenters. The number of piperazine rings is 1. The van der Waals surface area contributed by atoms with Crippen LogP contribution in [0.1, 0.15) is 33.3 Å². The highest BCUT2D eigenvalue weighted by molar-refractivity contribution is 6.18. The Morgan fingerprint density at radius 1 is 1.24 bits per heavy atom. The van der Waals surface area contributed by atoms with Gasteiger partial charge in [-0.05, 0) is 26.0 Å². The number of hydrogen-bond acceptors (Lipinski definition) is 7. The van der Waals surface area contributed by atoms with Crippen LogP contribution < -0.4 is 20.3 Å². The summed E-state index contributed by atoms with van der Waals surface area (Å²) in [6.07, 6.45) is 6.69. The van der Waals surface area contributed by atoms with Gasteiger partial charge in [0.15, 0.2) is 0 Å². The Morgan fingerprint density at radius 2 is 1.97 bits per heavy atom. The summed E-state index contributed by atoms with van der Waals surface area (Å²) in [7, 11) is 0. The van der Waals surface area contributed by atoms with Gasteiger partial charge in [-0.1, -0.05) is 13.8 Å². The minimum Gasteiger partial charge on any atom is -0.487 e. The number of aliphatic imine (C=N–C) groups is 1. The van der Waals surface area contributed by atoms with Crippen LogP contribution in [0.15, 0.2) is 40.8 Å². The zero-order valence-corrected chi connectivity index (χ0v) is 20.1. The molecule has 0 bridgehead atoms. The number of ether oxygens (including phenoxy) is 1. The predicted molar refractivity (Wildman–Crippen MR) is 134 cm³/mol. The van der Waals surface area contributed by atoms with E-state index >= 15 is 0 Å². The lowest BCUT2D eigenvalue weighted by atomic mass is 10.0. The number of nitrogens with zero attached hydrogens (tertiary/aromatic N) is 3. The molecule has 9 nitrogen and oxygen atoms in total. The third-order valence-electron chi connectivity index (χ3n) is 6.11. The Labute approximate surface area is 200 Å². The van der Waals surface area contributed by atoms with E-state index in [1.54, 1.807) is 18.5 Å². The average Bonchev–Trinajstić information content (AvgIpc) is 3.12. The van der Waals surface area contributed by atoms with Crippen molar-refractivity contribution in [2.45, 2.75) is 39.7 Å². The Bertz CT molecular complexity index is 1090. The maximum absolute atomic E-state index is 13.2. The van der Waals surface area contributed by atoms with Crippen molar-refractivity contribution in [1.29, 1.82) is 5.41 Å². The molecule has 3 aliphatic rings. The molecule has 4 rings (SSSR count). The normalized spacial score (nSPS) is 19.9. The summed E-state index contributed by atoms with van der Waals surface area (Å²) in [6.45, 7) is 10.5. The van der Waals surface area contributed by atoms with Crippen molar-refractivity contribution in [2.24, 2.45) is 10.9 Å². The van der Waals surface area contributed by atoms with Crippen LogP contribution in [0.2, 0.25) is 0 Å². The zero-order valence-electron chi connectivity index (χ0n) is 20.1. The lowest BCUT2D eigenvalue weighted by Gasteiger charge is -2.37. The van der Waals surface area contributed by atoms with Gasteiger partial charge in [-0.15, -0.1) is 0 Å². The van der Waals surface area contributed by atoms with Crippen LogP contribution in [0, 0.1) is 11.3 Å². The predicted octanol–water partition coefficient (Wildman–Crippen LogP) is 2.69. The molecule has 180 valence electrons. The lowest BCUT2D eigenvalue weighted by Crippen LogP contribution is -2.50. The summed E-state index contributed by atoms with van der Waals surface area (Å²) >= 11 is 0. The van der Waals surface area contributed by atoms with Gasteiger partial charge >= 0.3 is 0 Å². The van der Waals surface area contributed by atoms with Crippen LogP contribution in [0.25, 0.3) is 0 Å². The van der Waals surface area contributed by atoms with E-state index in [9.17, 15) is 9.59 Å². The topological polar surface area (TPSA) is 110 Å². The van der Waals surface area contributed by atoms with Gasteiger partial charge in [0.2, 0.25) is 5.91 Å². The van der Waals surface area contributed by atoms with Crippen LogP contribution in [0.5, 0.6) is 5.75 Å². The quantitative estimate of drug-likeness (QED) is 0.458. The molecule has 2 amide bonds. The Hall–Kier alpha value is -3.62. The van der Waals surface area contributed by atoms with Crippen molar-refractivity contribution in [3.63, 3.8) is 0 Å². The van der Waals surface area contributed by atoms with Crippen LogP contribution in [0.4, 0.5) is 11.4 Å². The molecule has 9 heteroatoms. The number of carbonyl (C=O) groups is 2. The summed E-state index contributed by atoms with van der Waals surface area (Å²) in [5.74, 6) is 0.841. The van der Waals surface area contributed by atoms with E-state index in [2.05, 4.69) is 20.5 Å². The summed E-state index contributed by atoms with van der Waals surface area (Å²) in [5.41, 5.74) is 2.34. The van der Waals surface area contributed by atoms with Gasteiger partial charge in [0.05, 0.1) is 16.9 Å². The van der Waals surface area contributed by atoms with E-state index in [1.807, 2.05) is 44.7 Å². The van der Waals surface area contributed by atoms with E-state index in [0.29, 0.717) is 37.7 Å². The highest BCUT2D eigenvalue weighted by atomic mass is 16.5. The van der Waals surface area contributed by atoms with Gasteiger partial charge < -0.3 is 30.6 Å². The molecule has 3 aliphatic heterocycles. The van der Waals surface area contributed by atoms with Crippen LogP contribution in [-0.2, 0) is 16.0 Å². The number of fused-ring (bicyclic) bond motifs is 1.